The van der Waals surface area contributed by atoms with E-state index in [-0.39, 0.29) is 0 Å². The summed E-state index contributed by atoms with van der Waals surface area (Å²) in [6, 6.07) is 7.75. The Kier molecular flexibility index (Phi) is 7.67. The van der Waals surface area contributed by atoms with Gasteiger partial charge in [0.25, 0.3) is 0 Å². The standard InChI is InChI=1S/C24H32O6/c1-3-5-15-7-9-16(10-8-15)19(6-4-2)17-11-13-18(14-12-17)24-29-20(22(25)26)21(30-24)23(27)28/h4,11-16,19-21,24H,2-3,5-10H2,1H3,(H,25,26)(H,27,28)/t15?,16?,19?,20-,21-/m1/s1. The second-order valence-electron chi connectivity index (χ2n) is 8.49. The molecule has 1 aliphatic carbocycles. The lowest BCUT2D eigenvalue weighted by molar-refractivity contribution is -0.156. The number of hydrogen-bond donors (Lipinski definition) is 2. The molecular weight excluding hydrogens is 384 g/mol. The second-order valence-corrected chi connectivity index (χ2v) is 8.49. The summed E-state index contributed by atoms with van der Waals surface area (Å²) in [5, 5.41) is 18.4. The van der Waals surface area contributed by atoms with Gasteiger partial charge in [-0.15, -0.1) is 6.58 Å². The third-order valence-corrected chi connectivity index (χ3v) is 6.52. The average molecular weight is 417 g/mol. The molecule has 0 aromatic heterocycles. The molecule has 1 aromatic carbocycles. The summed E-state index contributed by atoms with van der Waals surface area (Å²) in [5.41, 5.74) is 1.85. The van der Waals surface area contributed by atoms with E-state index in [1.165, 1.54) is 44.1 Å². The quantitative estimate of drug-likeness (QED) is 0.556. The normalized spacial score (nSPS) is 28.2. The van der Waals surface area contributed by atoms with Crippen LogP contribution in [-0.2, 0) is 19.1 Å². The number of rotatable bonds is 9. The van der Waals surface area contributed by atoms with Crippen LogP contribution < -0.4 is 0 Å². The van der Waals surface area contributed by atoms with E-state index in [1.54, 1.807) is 0 Å². The van der Waals surface area contributed by atoms with Crippen LogP contribution in [-0.4, -0.2) is 34.4 Å². The van der Waals surface area contributed by atoms with Crippen molar-refractivity contribution in [1.82, 2.24) is 0 Å². The van der Waals surface area contributed by atoms with Crippen LogP contribution >= 0.6 is 0 Å². The van der Waals surface area contributed by atoms with Crippen LogP contribution in [0.3, 0.4) is 0 Å². The Bertz CT molecular complexity index is 713. The number of carboxylic acid groups (broad SMARTS) is 2. The van der Waals surface area contributed by atoms with Crippen molar-refractivity contribution in [3.63, 3.8) is 0 Å². The van der Waals surface area contributed by atoms with Crippen molar-refractivity contribution in [2.45, 2.75) is 76.3 Å². The van der Waals surface area contributed by atoms with Gasteiger partial charge in [-0.3, -0.25) is 0 Å². The minimum Gasteiger partial charge on any atom is -0.479 e. The van der Waals surface area contributed by atoms with Gasteiger partial charge in [-0.1, -0.05) is 62.9 Å². The van der Waals surface area contributed by atoms with Gasteiger partial charge in [0.2, 0.25) is 0 Å². The van der Waals surface area contributed by atoms with E-state index < -0.39 is 30.4 Å². The lowest BCUT2D eigenvalue weighted by Crippen LogP contribution is -2.36. The Balaban J connectivity index is 1.69. The molecule has 1 saturated carbocycles. The van der Waals surface area contributed by atoms with E-state index in [0.29, 0.717) is 17.4 Å². The van der Waals surface area contributed by atoms with Gasteiger partial charge in [-0.2, -0.15) is 0 Å². The summed E-state index contributed by atoms with van der Waals surface area (Å²) in [4.78, 5) is 22.5. The van der Waals surface area contributed by atoms with Gasteiger partial charge in [0.05, 0.1) is 0 Å². The molecule has 6 nitrogen and oxygen atoms in total. The summed E-state index contributed by atoms with van der Waals surface area (Å²) in [6.07, 6.45) is 6.51. The highest BCUT2D eigenvalue weighted by Crippen LogP contribution is 2.42. The number of carboxylic acids is 2. The largest absolute Gasteiger partial charge is 0.479 e. The van der Waals surface area contributed by atoms with Gasteiger partial charge >= 0.3 is 11.9 Å². The monoisotopic (exact) mass is 416 g/mol. The number of carbonyl (C=O) groups is 2. The predicted octanol–water partition coefficient (Wildman–Crippen LogP) is 4.90. The Hall–Kier alpha value is -2.18. The van der Waals surface area contributed by atoms with Gasteiger partial charge in [-0.05, 0) is 42.6 Å². The van der Waals surface area contributed by atoms with Gasteiger partial charge in [-0.25, -0.2) is 9.59 Å². The summed E-state index contributed by atoms with van der Waals surface area (Å²) < 4.78 is 10.7. The lowest BCUT2D eigenvalue weighted by atomic mass is 9.71. The maximum Gasteiger partial charge on any atom is 0.336 e. The third kappa shape index (κ3) is 5.10. The zero-order valence-electron chi connectivity index (χ0n) is 17.5. The minimum atomic E-state index is -1.51. The fraction of sp³-hybridized carbons (Fsp3) is 0.583. The molecule has 0 spiro atoms. The molecule has 164 valence electrons. The molecule has 1 saturated heterocycles. The van der Waals surface area contributed by atoms with Crippen LogP contribution in [0.2, 0.25) is 0 Å². The topological polar surface area (TPSA) is 93.1 Å². The third-order valence-electron chi connectivity index (χ3n) is 6.52. The van der Waals surface area contributed by atoms with Gasteiger partial charge in [0, 0.05) is 5.56 Å². The molecule has 1 heterocycles. The van der Waals surface area contributed by atoms with Crippen molar-refractivity contribution >= 4 is 11.9 Å². The summed E-state index contributed by atoms with van der Waals surface area (Å²) in [5.74, 6) is -0.784. The lowest BCUT2D eigenvalue weighted by Gasteiger charge is -2.34. The van der Waals surface area contributed by atoms with Crippen LogP contribution in [0.15, 0.2) is 36.9 Å². The number of ether oxygens (including phenoxy) is 2. The molecule has 0 amide bonds. The van der Waals surface area contributed by atoms with Crippen molar-refractivity contribution in [3.8, 4) is 0 Å². The molecule has 3 atom stereocenters. The molecule has 6 heteroatoms. The van der Waals surface area contributed by atoms with E-state index in [2.05, 4.69) is 13.5 Å². The van der Waals surface area contributed by atoms with Crippen molar-refractivity contribution in [1.29, 1.82) is 0 Å². The Labute approximate surface area is 177 Å². The SMILES string of the molecule is C=CCC(c1ccc(C2O[C@@H](C(=O)O)[C@H](C(=O)O)O2)cc1)C1CCC(CCC)CC1. The smallest absolute Gasteiger partial charge is 0.336 e. The maximum atomic E-state index is 11.3. The number of benzene rings is 1. The molecule has 2 fully saturated rings. The summed E-state index contributed by atoms with van der Waals surface area (Å²) >= 11 is 0. The average Bonchev–Trinajstić information content (AvgIpc) is 3.20. The van der Waals surface area contributed by atoms with Crippen LogP contribution in [0, 0.1) is 11.8 Å². The first-order valence-corrected chi connectivity index (χ1v) is 10.9. The molecule has 1 aromatic rings. The van der Waals surface area contributed by atoms with E-state index in [1.807, 2.05) is 30.3 Å². The molecule has 3 rings (SSSR count). The summed E-state index contributed by atoms with van der Waals surface area (Å²) in [7, 11) is 0. The molecule has 0 bridgehead atoms. The van der Waals surface area contributed by atoms with E-state index in [4.69, 9.17) is 9.47 Å². The molecule has 0 radical (unpaired) electrons. The Morgan fingerprint density at radius 1 is 1.07 bits per heavy atom. The molecule has 2 N–H and O–H groups in total. The summed E-state index contributed by atoms with van der Waals surface area (Å²) in [6.45, 7) is 6.20. The minimum absolute atomic E-state index is 0.406. The van der Waals surface area contributed by atoms with E-state index in [0.717, 1.165) is 12.3 Å². The highest BCUT2D eigenvalue weighted by Gasteiger charge is 2.46. The molecule has 1 aliphatic heterocycles. The second kappa shape index (κ2) is 10.2. The van der Waals surface area contributed by atoms with Crippen LogP contribution in [0.1, 0.15) is 75.2 Å². The van der Waals surface area contributed by atoms with Crippen LogP contribution in [0.5, 0.6) is 0 Å². The fourth-order valence-electron chi connectivity index (χ4n) is 4.94. The van der Waals surface area contributed by atoms with Gasteiger partial charge in [0.15, 0.2) is 18.5 Å². The molecule has 1 unspecified atom stereocenters. The predicted molar refractivity (Wildman–Crippen MR) is 112 cm³/mol. The Morgan fingerprint density at radius 2 is 1.63 bits per heavy atom. The van der Waals surface area contributed by atoms with Gasteiger partial charge < -0.3 is 19.7 Å². The van der Waals surface area contributed by atoms with Crippen molar-refractivity contribution in [3.05, 3.63) is 48.0 Å². The van der Waals surface area contributed by atoms with Gasteiger partial charge in [0.1, 0.15) is 0 Å². The number of hydrogen-bond acceptors (Lipinski definition) is 4. The van der Waals surface area contributed by atoms with Crippen molar-refractivity contribution < 1.29 is 29.3 Å². The fourth-order valence-corrected chi connectivity index (χ4v) is 4.94. The van der Waals surface area contributed by atoms with Crippen LogP contribution in [0.4, 0.5) is 0 Å². The van der Waals surface area contributed by atoms with E-state index in [9.17, 15) is 19.8 Å². The zero-order chi connectivity index (χ0) is 21.7. The Morgan fingerprint density at radius 3 is 2.10 bits per heavy atom. The highest BCUT2D eigenvalue weighted by molar-refractivity contribution is 5.84. The van der Waals surface area contributed by atoms with Crippen LogP contribution in [0.25, 0.3) is 0 Å². The van der Waals surface area contributed by atoms with Crippen molar-refractivity contribution in [2.75, 3.05) is 0 Å². The first kappa shape index (κ1) is 22.5. The number of allylic oxidation sites excluding steroid dienone is 1. The molecule has 30 heavy (non-hydrogen) atoms. The van der Waals surface area contributed by atoms with E-state index >= 15 is 0 Å². The molecule has 2 aliphatic rings. The first-order chi connectivity index (χ1) is 14.4. The maximum absolute atomic E-state index is 11.3. The highest BCUT2D eigenvalue weighted by atomic mass is 16.7. The molecular formula is C24H32O6. The number of aliphatic carboxylic acids is 2. The first-order valence-electron chi connectivity index (χ1n) is 10.9. The zero-order valence-corrected chi connectivity index (χ0v) is 17.5. The van der Waals surface area contributed by atoms with Crippen molar-refractivity contribution in [2.24, 2.45) is 11.8 Å².